The standard InChI is InChI=1S/C24H33NO4/c1-17-6-5-12-25(16-17)13-11-21(18-7-9-19(27-2)10-8-18)24-22(26)14-20(28-3)15-23(24)29-4/h7-10,14-15,17,21,26H,5-6,11-13,16H2,1-4H3. The predicted octanol–water partition coefficient (Wildman–Crippen LogP) is 4.67. The number of ether oxygens (including phenoxy) is 3. The highest BCUT2D eigenvalue weighted by atomic mass is 16.5. The molecular weight excluding hydrogens is 366 g/mol. The number of methoxy groups -OCH3 is 3. The molecule has 0 bridgehead atoms. The normalized spacial score (nSPS) is 18.3. The number of hydrogen-bond donors (Lipinski definition) is 1. The minimum absolute atomic E-state index is 0.0130. The molecule has 158 valence electrons. The molecule has 0 radical (unpaired) electrons. The highest BCUT2D eigenvalue weighted by Gasteiger charge is 2.25. The van der Waals surface area contributed by atoms with Crippen LogP contribution in [0.1, 0.15) is 43.2 Å². The van der Waals surface area contributed by atoms with Gasteiger partial charge in [0.2, 0.25) is 0 Å². The molecule has 1 aliphatic heterocycles. The predicted molar refractivity (Wildman–Crippen MR) is 116 cm³/mol. The molecule has 5 heteroatoms. The summed E-state index contributed by atoms with van der Waals surface area (Å²) in [6, 6.07) is 11.6. The van der Waals surface area contributed by atoms with Crippen LogP contribution in [-0.4, -0.2) is 51.0 Å². The molecule has 2 unspecified atom stereocenters. The van der Waals surface area contributed by atoms with Gasteiger partial charge in [-0.2, -0.15) is 0 Å². The van der Waals surface area contributed by atoms with Crippen molar-refractivity contribution < 1.29 is 19.3 Å². The van der Waals surface area contributed by atoms with Gasteiger partial charge in [0.25, 0.3) is 0 Å². The van der Waals surface area contributed by atoms with Crippen LogP contribution in [0.3, 0.4) is 0 Å². The summed E-state index contributed by atoms with van der Waals surface area (Å²) in [4.78, 5) is 2.54. The number of nitrogens with zero attached hydrogens (tertiary/aromatic N) is 1. The van der Waals surface area contributed by atoms with Crippen LogP contribution in [0.2, 0.25) is 0 Å². The summed E-state index contributed by atoms with van der Waals surface area (Å²) in [5.41, 5.74) is 1.94. The Kier molecular flexibility index (Phi) is 7.26. The second-order valence-electron chi connectivity index (χ2n) is 7.92. The fourth-order valence-electron chi connectivity index (χ4n) is 4.34. The summed E-state index contributed by atoms with van der Waals surface area (Å²) in [5, 5.41) is 10.8. The number of phenolic OH excluding ortho intramolecular Hbond substituents is 1. The maximum absolute atomic E-state index is 10.8. The lowest BCUT2D eigenvalue weighted by atomic mass is 9.86. The van der Waals surface area contributed by atoms with Crippen LogP contribution in [-0.2, 0) is 0 Å². The van der Waals surface area contributed by atoms with Gasteiger partial charge in [-0.05, 0) is 56.0 Å². The van der Waals surface area contributed by atoms with Crippen LogP contribution < -0.4 is 14.2 Å². The van der Waals surface area contributed by atoms with Crippen LogP contribution in [0.5, 0.6) is 23.0 Å². The zero-order chi connectivity index (χ0) is 20.8. The van der Waals surface area contributed by atoms with E-state index in [1.165, 1.54) is 12.8 Å². The van der Waals surface area contributed by atoms with Gasteiger partial charge in [-0.25, -0.2) is 0 Å². The van der Waals surface area contributed by atoms with E-state index in [1.54, 1.807) is 27.4 Å². The van der Waals surface area contributed by atoms with Crippen molar-refractivity contribution in [2.24, 2.45) is 5.92 Å². The van der Waals surface area contributed by atoms with Crippen molar-refractivity contribution in [2.75, 3.05) is 41.0 Å². The molecule has 1 aliphatic rings. The third-order valence-corrected chi connectivity index (χ3v) is 5.89. The van der Waals surface area contributed by atoms with Gasteiger partial charge < -0.3 is 24.2 Å². The maximum atomic E-state index is 10.8. The van der Waals surface area contributed by atoms with E-state index in [0.717, 1.165) is 48.8 Å². The van der Waals surface area contributed by atoms with Crippen LogP contribution in [0.4, 0.5) is 0 Å². The molecule has 0 aromatic heterocycles. The Morgan fingerprint density at radius 1 is 1.03 bits per heavy atom. The first-order valence-corrected chi connectivity index (χ1v) is 10.4. The summed E-state index contributed by atoms with van der Waals surface area (Å²) < 4.78 is 16.3. The average Bonchev–Trinajstić information content (AvgIpc) is 2.74. The van der Waals surface area contributed by atoms with Gasteiger partial charge >= 0.3 is 0 Å². The van der Waals surface area contributed by atoms with E-state index in [0.29, 0.717) is 11.5 Å². The van der Waals surface area contributed by atoms with Gasteiger partial charge in [-0.1, -0.05) is 19.1 Å². The lowest BCUT2D eigenvalue weighted by Crippen LogP contribution is -2.35. The Labute approximate surface area is 174 Å². The first kappa shape index (κ1) is 21.3. The number of likely N-dealkylation sites (tertiary alicyclic amines) is 1. The van der Waals surface area contributed by atoms with E-state index in [4.69, 9.17) is 14.2 Å². The van der Waals surface area contributed by atoms with Gasteiger partial charge in [0, 0.05) is 30.2 Å². The van der Waals surface area contributed by atoms with Gasteiger partial charge in [0.1, 0.15) is 23.0 Å². The number of piperidine rings is 1. The SMILES string of the molecule is COc1ccc(C(CCN2CCCC(C)C2)c2c(O)cc(OC)cc2OC)cc1. The highest BCUT2D eigenvalue weighted by Crippen LogP contribution is 2.43. The molecule has 3 rings (SSSR count). The van der Waals surface area contributed by atoms with Crippen molar-refractivity contribution in [3.63, 3.8) is 0 Å². The fourth-order valence-corrected chi connectivity index (χ4v) is 4.34. The first-order chi connectivity index (χ1) is 14.0. The Hall–Kier alpha value is -2.40. The fraction of sp³-hybridized carbons (Fsp3) is 0.500. The molecule has 5 nitrogen and oxygen atoms in total. The molecule has 2 atom stereocenters. The minimum Gasteiger partial charge on any atom is -0.507 e. The Bertz CT molecular complexity index is 790. The molecule has 1 heterocycles. The van der Waals surface area contributed by atoms with Crippen LogP contribution in [0.15, 0.2) is 36.4 Å². The van der Waals surface area contributed by atoms with E-state index in [9.17, 15) is 5.11 Å². The van der Waals surface area contributed by atoms with Gasteiger partial charge in [-0.15, -0.1) is 0 Å². The molecule has 2 aromatic carbocycles. The van der Waals surface area contributed by atoms with Crippen molar-refractivity contribution in [1.82, 2.24) is 4.90 Å². The summed E-state index contributed by atoms with van der Waals surface area (Å²) in [7, 11) is 4.89. The third-order valence-electron chi connectivity index (χ3n) is 5.89. The molecule has 0 amide bonds. The molecule has 1 N–H and O–H groups in total. The molecule has 29 heavy (non-hydrogen) atoms. The summed E-state index contributed by atoms with van der Waals surface area (Å²) >= 11 is 0. The number of aromatic hydroxyl groups is 1. The molecule has 1 fully saturated rings. The minimum atomic E-state index is 0.0130. The van der Waals surface area contributed by atoms with E-state index < -0.39 is 0 Å². The van der Waals surface area contributed by atoms with E-state index in [-0.39, 0.29) is 11.7 Å². The van der Waals surface area contributed by atoms with Crippen molar-refractivity contribution in [3.8, 4) is 23.0 Å². The van der Waals surface area contributed by atoms with Gasteiger partial charge in [0.05, 0.1) is 21.3 Å². The molecule has 2 aromatic rings. The number of rotatable bonds is 8. The Balaban J connectivity index is 1.94. The van der Waals surface area contributed by atoms with Crippen molar-refractivity contribution in [3.05, 3.63) is 47.5 Å². The quantitative estimate of drug-likeness (QED) is 0.699. The van der Waals surface area contributed by atoms with Crippen LogP contribution >= 0.6 is 0 Å². The molecule has 0 aliphatic carbocycles. The van der Waals surface area contributed by atoms with Crippen molar-refractivity contribution >= 4 is 0 Å². The largest absolute Gasteiger partial charge is 0.507 e. The van der Waals surface area contributed by atoms with E-state index in [2.05, 4.69) is 24.0 Å². The molecule has 0 spiro atoms. The monoisotopic (exact) mass is 399 g/mol. The molecule has 0 saturated carbocycles. The topological polar surface area (TPSA) is 51.2 Å². The Morgan fingerprint density at radius 3 is 2.38 bits per heavy atom. The summed E-state index contributed by atoms with van der Waals surface area (Å²) in [5.74, 6) is 3.01. The number of benzene rings is 2. The average molecular weight is 400 g/mol. The third kappa shape index (κ3) is 5.15. The van der Waals surface area contributed by atoms with E-state index in [1.807, 2.05) is 18.2 Å². The zero-order valence-electron chi connectivity index (χ0n) is 18.0. The lowest BCUT2D eigenvalue weighted by Gasteiger charge is -2.32. The van der Waals surface area contributed by atoms with E-state index >= 15 is 0 Å². The number of phenols is 1. The zero-order valence-corrected chi connectivity index (χ0v) is 18.0. The van der Waals surface area contributed by atoms with Gasteiger partial charge in [0.15, 0.2) is 0 Å². The van der Waals surface area contributed by atoms with Crippen LogP contribution in [0, 0.1) is 5.92 Å². The number of hydrogen-bond acceptors (Lipinski definition) is 5. The first-order valence-electron chi connectivity index (χ1n) is 10.4. The second-order valence-corrected chi connectivity index (χ2v) is 7.92. The molecular formula is C24H33NO4. The van der Waals surface area contributed by atoms with Gasteiger partial charge in [-0.3, -0.25) is 0 Å². The second kappa shape index (κ2) is 9.88. The van der Waals surface area contributed by atoms with Crippen molar-refractivity contribution in [2.45, 2.75) is 32.1 Å². The highest BCUT2D eigenvalue weighted by molar-refractivity contribution is 5.54. The van der Waals surface area contributed by atoms with Crippen LogP contribution in [0.25, 0.3) is 0 Å². The smallest absolute Gasteiger partial charge is 0.130 e. The summed E-state index contributed by atoms with van der Waals surface area (Å²) in [6.45, 7) is 5.59. The maximum Gasteiger partial charge on any atom is 0.130 e. The summed E-state index contributed by atoms with van der Waals surface area (Å²) in [6.07, 6.45) is 3.46. The van der Waals surface area contributed by atoms with Crippen molar-refractivity contribution in [1.29, 1.82) is 0 Å². The Morgan fingerprint density at radius 2 is 1.76 bits per heavy atom. The lowest BCUT2D eigenvalue weighted by molar-refractivity contribution is 0.180. The molecule has 1 saturated heterocycles.